The first kappa shape index (κ1) is 21.9. The fourth-order valence-corrected chi connectivity index (χ4v) is 3.08. The lowest BCUT2D eigenvalue weighted by Gasteiger charge is -2.11. The second kappa shape index (κ2) is 9.71. The zero-order valence-corrected chi connectivity index (χ0v) is 17.5. The van der Waals surface area contributed by atoms with Gasteiger partial charge >= 0.3 is 5.69 Å². The Balaban J connectivity index is 2.32. The lowest BCUT2D eigenvalue weighted by molar-refractivity contribution is -0.385. The maximum Gasteiger partial charge on any atom is 0.312 e. The summed E-state index contributed by atoms with van der Waals surface area (Å²) in [6, 6.07) is 11.3. The number of benzene rings is 2. The van der Waals surface area contributed by atoms with Gasteiger partial charge in [0.25, 0.3) is 5.91 Å². The quantitative estimate of drug-likeness (QED) is 0.277. The maximum atomic E-state index is 12.5. The molecule has 8 nitrogen and oxygen atoms in total. The van der Waals surface area contributed by atoms with Crippen molar-refractivity contribution in [2.75, 3.05) is 12.4 Å². The number of halogens is 1. The van der Waals surface area contributed by atoms with E-state index in [1.165, 1.54) is 25.3 Å². The third-order valence-electron chi connectivity index (χ3n) is 3.59. The largest absolute Gasteiger partial charge is 0.491 e. The first-order valence-electron chi connectivity index (χ1n) is 8.47. The Morgan fingerprint density at radius 1 is 1.34 bits per heavy atom. The number of amides is 1. The molecule has 29 heavy (non-hydrogen) atoms. The molecule has 0 radical (unpaired) electrons. The van der Waals surface area contributed by atoms with Gasteiger partial charge in [-0.15, -0.1) is 0 Å². The third-order valence-corrected chi connectivity index (χ3v) is 4.18. The third kappa shape index (κ3) is 5.80. The number of hydrogen-bond acceptors (Lipinski definition) is 6. The van der Waals surface area contributed by atoms with Crippen LogP contribution >= 0.6 is 15.9 Å². The Bertz CT molecular complexity index is 1010. The highest BCUT2D eigenvalue weighted by molar-refractivity contribution is 9.10. The average Bonchev–Trinajstić information content (AvgIpc) is 2.65. The van der Waals surface area contributed by atoms with Gasteiger partial charge in [-0.3, -0.25) is 14.9 Å². The monoisotopic (exact) mass is 459 g/mol. The summed E-state index contributed by atoms with van der Waals surface area (Å²) in [7, 11) is 1.31. The molecule has 9 heteroatoms. The number of methoxy groups -OCH3 is 1. The molecule has 0 aliphatic heterocycles. The van der Waals surface area contributed by atoms with Crippen molar-refractivity contribution in [1.29, 1.82) is 5.26 Å². The topological polar surface area (TPSA) is 114 Å². The Morgan fingerprint density at radius 2 is 2.07 bits per heavy atom. The summed E-state index contributed by atoms with van der Waals surface area (Å²) in [5.74, 6) is -0.0177. The number of hydrogen-bond donors (Lipinski definition) is 1. The standard InChI is InChI=1S/C20H18BrN3O5/c1-12(2)29-16-6-4-5-15(10-16)23-20(25)14(11-22)7-13-8-17(21)19(28-3)18(9-13)24(26)27/h4-10,12H,1-3H3,(H,23,25)/b14-7-. The Morgan fingerprint density at radius 3 is 2.66 bits per heavy atom. The number of anilines is 1. The van der Waals surface area contributed by atoms with Gasteiger partial charge in [0, 0.05) is 17.8 Å². The molecule has 0 saturated carbocycles. The predicted molar refractivity (Wildman–Crippen MR) is 112 cm³/mol. The number of nitrogens with one attached hydrogen (secondary N) is 1. The van der Waals surface area contributed by atoms with Gasteiger partial charge in [0.05, 0.1) is 22.6 Å². The number of nitriles is 1. The van der Waals surface area contributed by atoms with Gasteiger partial charge in [0.1, 0.15) is 17.4 Å². The molecule has 0 spiro atoms. The highest BCUT2D eigenvalue weighted by Gasteiger charge is 2.20. The summed E-state index contributed by atoms with van der Waals surface area (Å²) in [6.45, 7) is 3.77. The van der Waals surface area contributed by atoms with E-state index in [2.05, 4.69) is 21.2 Å². The van der Waals surface area contributed by atoms with Crippen LogP contribution in [0.4, 0.5) is 11.4 Å². The van der Waals surface area contributed by atoms with Crippen LogP contribution in [0.15, 0.2) is 46.4 Å². The first-order valence-corrected chi connectivity index (χ1v) is 9.26. The summed E-state index contributed by atoms with van der Waals surface area (Å²) < 4.78 is 10.9. The molecule has 0 unspecified atom stereocenters. The molecule has 0 aromatic heterocycles. The number of nitro benzene ring substituents is 1. The molecule has 1 N–H and O–H groups in total. The van der Waals surface area contributed by atoms with Crippen LogP contribution in [-0.2, 0) is 4.79 Å². The first-order chi connectivity index (χ1) is 13.7. The van der Waals surface area contributed by atoms with Gasteiger partial charge in [-0.1, -0.05) is 6.07 Å². The Hall–Kier alpha value is -3.38. The fourth-order valence-electron chi connectivity index (χ4n) is 2.45. The summed E-state index contributed by atoms with van der Waals surface area (Å²) in [4.78, 5) is 23.1. The van der Waals surface area contributed by atoms with Crippen LogP contribution in [0.25, 0.3) is 6.08 Å². The second-order valence-electron chi connectivity index (χ2n) is 6.13. The molecule has 2 aromatic rings. The van der Waals surface area contributed by atoms with E-state index in [-0.39, 0.29) is 23.1 Å². The molecule has 0 bridgehead atoms. The average molecular weight is 460 g/mol. The second-order valence-corrected chi connectivity index (χ2v) is 6.98. The molecular weight excluding hydrogens is 442 g/mol. The molecule has 0 heterocycles. The van der Waals surface area contributed by atoms with Crippen molar-refractivity contribution in [3.63, 3.8) is 0 Å². The lowest BCUT2D eigenvalue weighted by atomic mass is 10.1. The zero-order chi connectivity index (χ0) is 21.6. The molecule has 0 aliphatic rings. The van der Waals surface area contributed by atoms with Crippen molar-refractivity contribution in [2.24, 2.45) is 0 Å². The van der Waals surface area contributed by atoms with Crippen LogP contribution in [0.2, 0.25) is 0 Å². The van der Waals surface area contributed by atoms with Crippen LogP contribution in [0.3, 0.4) is 0 Å². The van der Waals surface area contributed by atoms with Crippen LogP contribution in [0.1, 0.15) is 19.4 Å². The molecule has 2 rings (SSSR count). The Kier molecular flexibility index (Phi) is 7.33. The van der Waals surface area contributed by atoms with Crippen LogP contribution < -0.4 is 14.8 Å². The number of carbonyl (C=O) groups excluding carboxylic acids is 1. The molecule has 150 valence electrons. The molecule has 0 atom stereocenters. The van der Waals surface area contributed by atoms with Crippen LogP contribution in [-0.4, -0.2) is 24.0 Å². The molecular formula is C20H18BrN3O5. The van der Waals surface area contributed by atoms with Crippen molar-refractivity contribution in [3.8, 4) is 17.6 Å². The number of carbonyl (C=O) groups is 1. The van der Waals surface area contributed by atoms with E-state index in [0.717, 1.165) is 0 Å². The zero-order valence-electron chi connectivity index (χ0n) is 15.9. The van der Waals surface area contributed by atoms with Crippen molar-refractivity contribution < 1.29 is 19.2 Å². The summed E-state index contributed by atoms with van der Waals surface area (Å²) >= 11 is 3.20. The number of nitro groups is 1. The number of ether oxygens (including phenoxy) is 2. The van der Waals surface area contributed by atoms with Gasteiger partial charge in [-0.2, -0.15) is 5.26 Å². The van der Waals surface area contributed by atoms with Crippen molar-refractivity contribution in [2.45, 2.75) is 20.0 Å². The minimum absolute atomic E-state index is 0.0279. The minimum Gasteiger partial charge on any atom is -0.491 e. The summed E-state index contributed by atoms with van der Waals surface area (Å²) in [5, 5.41) is 23.3. The van der Waals surface area contributed by atoms with Gasteiger partial charge in [0.15, 0.2) is 0 Å². The van der Waals surface area contributed by atoms with E-state index < -0.39 is 10.8 Å². The fraction of sp³-hybridized carbons (Fsp3) is 0.200. The van der Waals surface area contributed by atoms with Crippen molar-refractivity contribution in [1.82, 2.24) is 0 Å². The molecule has 0 aliphatic carbocycles. The normalized spacial score (nSPS) is 11.0. The van der Waals surface area contributed by atoms with Gasteiger partial charge in [-0.05, 0) is 59.6 Å². The molecule has 0 fully saturated rings. The minimum atomic E-state index is -0.649. The summed E-state index contributed by atoms with van der Waals surface area (Å²) in [5.41, 5.74) is 0.250. The Labute approximate surface area is 176 Å². The van der Waals surface area contributed by atoms with Crippen molar-refractivity contribution in [3.05, 3.63) is 62.1 Å². The number of nitrogens with zero attached hydrogens (tertiary/aromatic N) is 2. The molecule has 1 amide bonds. The van der Waals surface area contributed by atoms with E-state index in [9.17, 15) is 20.2 Å². The predicted octanol–water partition coefficient (Wildman–Crippen LogP) is 4.70. The SMILES string of the molecule is COc1c(Br)cc(/C=C(/C#N)C(=O)Nc2cccc(OC(C)C)c2)cc1[N+](=O)[O-]. The van der Waals surface area contributed by atoms with Gasteiger partial charge in [-0.25, -0.2) is 0 Å². The number of rotatable bonds is 7. The maximum absolute atomic E-state index is 12.5. The van der Waals surface area contributed by atoms with Crippen molar-refractivity contribution >= 4 is 39.3 Å². The lowest BCUT2D eigenvalue weighted by Crippen LogP contribution is -2.14. The molecule has 0 saturated heterocycles. The van der Waals surface area contributed by atoms with E-state index in [0.29, 0.717) is 21.5 Å². The van der Waals surface area contributed by atoms with E-state index >= 15 is 0 Å². The van der Waals surface area contributed by atoms with Crippen LogP contribution in [0, 0.1) is 21.4 Å². The highest BCUT2D eigenvalue weighted by Crippen LogP contribution is 2.36. The van der Waals surface area contributed by atoms with Crippen LogP contribution in [0.5, 0.6) is 11.5 Å². The summed E-state index contributed by atoms with van der Waals surface area (Å²) in [6.07, 6.45) is 1.24. The van der Waals surface area contributed by atoms with E-state index in [1.54, 1.807) is 24.3 Å². The van der Waals surface area contributed by atoms with Gasteiger partial charge in [0.2, 0.25) is 5.75 Å². The van der Waals surface area contributed by atoms with Gasteiger partial charge < -0.3 is 14.8 Å². The highest BCUT2D eigenvalue weighted by atomic mass is 79.9. The molecule has 2 aromatic carbocycles. The van der Waals surface area contributed by atoms with E-state index in [4.69, 9.17) is 9.47 Å². The van der Waals surface area contributed by atoms with E-state index in [1.807, 2.05) is 19.9 Å². The smallest absolute Gasteiger partial charge is 0.312 e.